The Labute approximate surface area is 91.8 Å². The van der Waals surface area contributed by atoms with Gasteiger partial charge in [0.15, 0.2) is 5.69 Å². The molecule has 0 N–H and O–H groups in total. The van der Waals surface area contributed by atoms with Crippen LogP contribution in [0.1, 0.15) is 43.8 Å². The van der Waals surface area contributed by atoms with Gasteiger partial charge in [-0.15, -0.1) is 0 Å². The van der Waals surface area contributed by atoms with E-state index in [1.54, 1.807) is 6.20 Å². The average Bonchev–Trinajstić information content (AvgIpc) is 2.61. The molecule has 1 saturated carbocycles. The first-order valence-electron chi connectivity index (χ1n) is 4.96. The molecule has 0 aromatic carbocycles. The fourth-order valence-electron chi connectivity index (χ4n) is 2.05. The molecule has 2 rings (SSSR count). The number of hydrogen-bond acceptors (Lipinski definition) is 2. The molecule has 0 unspecified atom stereocenters. The van der Waals surface area contributed by atoms with Crippen LogP contribution >= 0.6 is 15.9 Å². The minimum absolute atomic E-state index is 0.435. The molecule has 1 fully saturated rings. The standard InChI is InChI=1S/C10H12BrN3/c11-9-7-13-14(10(9)6-12)8-4-2-1-3-5-8/h7-8H,1-5H2. The predicted molar refractivity (Wildman–Crippen MR) is 56.8 cm³/mol. The number of nitrogens with zero attached hydrogens (tertiary/aromatic N) is 3. The zero-order valence-electron chi connectivity index (χ0n) is 7.91. The molecule has 4 heteroatoms. The average molecular weight is 254 g/mol. The Balaban J connectivity index is 2.26. The van der Waals surface area contributed by atoms with Gasteiger partial charge < -0.3 is 0 Å². The summed E-state index contributed by atoms with van der Waals surface area (Å²) < 4.78 is 2.69. The van der Waals surface area contributed by atoms with Crippen LogP contribution in [0.25, 0.3) is 0 Å². The summed E-state index contributed by atoms with van der Waals surface area (Å²) in [4.78, 5) is 0. The number of nitriles is 1. The lowest BCUT2D eigenvalue weighted by Gasteiger charge is -2.22. The van der Waals surface area contributed by atoms with Crippen LogP contribution in [-0.2, 0) is 0 Å². The molecule has 0 atom stereocenters. The molecule has 3 nitrogen and oxygen atoms in total. The molecule has 1 heterocycles. The molecular formula is C10H12BrN3. The van der Waals surface area contributed by atoms with Crippen LogP contribution in [0.3, 0.4) is 0 Å². The Morgan fingerprint density at radius 1 is 1.43 bits per heavy atom. The fourth-order valence-corrected chi connectivity index (χ4v) is 2.41. The molecular weight excluding hydrogens is 242 g/mol. The van der Waals surface area contributed by atoms with E-state index in [-0.39, 0.29) is 0 Å². The van der Waals surface area contributed by atoms with Crippen molar-refractivity contribution in [2.45, 2.75) is 38.1 Å². The highest BCUT2D eigenvalue weighted by Gasteiger charge is 2.19. The third-order valence-electron chi connectivity index (χ3n) is 2.78. The minimum atomic E-state index is 0.435. The van der Waals surface area contributed by atoms with Crippen LogP contribution in [0.5, 0.6) is 0 Å². The highest BCUT2D eigenvalue weighted by Crippen LogP contribution is 2.30. The molecule has 14 heavy (non-hydrogen) atoms. The third kappa shape index (κ3) is 1.69. The first-order chi connectivity index (χ1) is 6.83. The lowest BCUT2D eigenvalue weighted by Crippen LogP contribution is -2.15. The normalized spacial score (nSPS) is 18.0. The molecule has 1 aliphatic carbocycles. The maximum absolute atomic E-state index is 8.98. The lowest BCUT2D eigenvalue weighted by molar-refractivity contribution is 0.327. The highest BCUT2D eigenvalue weighted by atomic mass is 79.9. The lowest BCUT2D eigenvalue weighted by atomic mass is 9.95. The molecule has 0 saturated heterocycles. The van der Waals surface area contributed by atoms with Crippen LogP contribution in [0, 0.1) is 11.3 Å². The number of rotatable bonds is 1. The first kappa shape index (κ1) is 9.72. The zero-order chi connectivity index (χ0) is 9.97. The summed E-state index contributed by atoms with van der Waals surface area (Å²) in [6.45, 7) is 0. The predicted octanol–water partition coefficient (Wildman–Crippen LogP) is 3.02. The summed E-state index contributed by atoms with van der Waals surface area (Å²) in [5.41, 5.74) is 0.664. The van der Waals surface area contributed by atoms with E-state index in [1.807, 2.05) is 4.68 Å². The summed E-state index contributed by atoms with van der Waals surface area (Å²) in [6.07, 6.45) is 7.86. The largest absolute Gasteiger partial charge is 0.251 e. The molecule has 1 aromatic rings. The summed E-state index contributed by atoms with van der Waals surface area (Å²) in [5, 5.41) is 13.2. The molecule has 1 aromatic heterocycles. The van der Waals surface area contributed by atoms with E-state index in [0.29, 0.717) is 11.7 Å². The molecule has 0 aliphatic heterocycles. The second-order valence-electron chi connectivity index (χ2n) is 3.69. The van der Waals surface area contributed by atoms with E-state index in [9.17, 15) is 0 Å². The van der Waals surface area contributed by atoms with Crippen molar-refractivity contribution in [3.05, 3.63) is 16.4 Å². The Morgan fingerprint density at radius 3 is 2.79 bits per heavy atom. The van der Waals surface area contributed by atoms with Gasteiger partial charge in [-0.25, -0.2) is 0 Å². The van der Waals surface area contributed by atoms with Crippen molar-refractivity contribution in [2.24, 2.45) is 0 Å². The van der Waals surface area contributed by atoms with Gasteiger partial charge in [0.2, 0.25) is 0 Å². The van der Waals surface area contributed by atoms with Gasteiger partial charge >= 0.3 is 0 Å². The Morgan fingerprint density at radius 2 is 2.14 bits per heavy atom. The van der Waals surface area contributed by atoms with E-state index in [2.05, 4.69) is 27.1 Å². The zero-order valence-corrected chi connectivity index (χ0v) is 9.50. The van der Waals surface area contributed by atoms with Gasteiger partial charge in [-0.2, -0.15) is 10.4 Å². The Hall–Kier alpha value is -0.820. The molecule has 0 bridgehead atoms. The van der Waals surface area contributed by atoms with Gasteiger partial charge in [-0.1, -0.05) is 19.3 Å². The van der Waals surface area contributed by atoms with E-state index in [0.717, 1.165) is 17.3 Å². The SMILES string of the molecule is N#Cc1c(Br)cnn1C1CCCCC1. The highest BCUT2D eigenvalue weighted by molar-refractivity contribution is 9.10. The number of aromatic nitrogens is 2. The number of halogens is 1. The summed E-state index contributed by atoms with van der Waals surface area (Å²) >= 11 is 3.34. The maximum Gasteiger partial charge on any atom is 0.153 e. The van der Waals surface area contributed by atoms with Crippen LogP contribution in [-0.4, -0.2) is 9.78 Å². The van der Waals surface area contributed by atoms with Crippen molar-refractivity contribution in [2.75, 3.05) is 0 Å². The van der Waals surface area contributed by atoms with Gasteiger partial charge in [0.05, 0.1) is 16.7 Å². The van der Waals surface area contributed by atoms with Gasteiger partial charge in [0.25, 0.3) is 0 Å². The summed E-state index contributed by atoms with van der Waals surface area (Å²) in [6, 6.07) is 2.63. The summed E-state index contributed by atoms with van der Waals surface area (Å²) in [7, 11) is 0. The van der Waals surface area contributed by atoms with Crippen molar-refractivity contribution < 1.29 is 0 Å². The van der Waals surface area contributed by atoms with Crippen LogP contribution in [0.15, 0.2) is 10.7 Å². The third-order valence-corrected chi connectivity index (χ3v) is 3.36. The second-order valence-corrected chi connectivity index (χ2v) is 4.54. The van der Waals surface area contributed by atoms with E-state index >= 15 is 0 Å². The number of hydrogen-bond donors (Lipinski definition) is 0. The van der Waals surface area contributed by atoms with Gasteiger partial charge in [0, 0.05) is 0 Å². The van der Waals surface area contributed by atoms with Gasteiger partial charge in [0.1, 0.15) is 6.07 Å². The fraction of sp³-hybridized carbons (Fsp3) is 0.600. The first-order valence-corrected chi connectivity index (χ1v) is 5.75. The van der Waals surface area contributed by atoms with Crippen LogP contribution in [0.4, 0.5) is 0 Å². The van der Waals surface area contributed by atoms with Crippen LogP contribution in [0.2, 0.25) is 0 Å². The van der Waals surface area contributed by atoms with Crippen molar-refractivity contribution in [1.82, 2.24) is 9.78 Å². The maximum atomic E-state index is 8.98. The molecule has 0 radical (unpaired) electrons. The quantitative estimate of drug-likeness (QED) is 0.772. The van der Waals surface area contributed by atoms with Gasteiger partial charge in [-0.3, -0.25) is 4.68 Å². The molecule has 74 valence electrons. The minimum Gasteiger partial charge on any atom is -0.251 e. The molecule has 0 amide bonds. The van der Waals surface area contributed by atoms with Crippen molar-refractivity contribution in [3.8, 4) is 6.07 Å². The summed E-state index contributed by atoms with van der Waals surface area (Å²) in [5.74, 6) is 0. The second kappa shape index (κ2) is 4.14. The Bertz CT molecular complexity index is 358. The molecule has 1 aliphatic rings. The van der Waals surface area contributed by atoms with Crippen molar-refractivity contribution in [1.29, 1.82) is 5.26 Å². The van der Waals surface area contributed by atoms with E-state index < -0.39 is 0 Å². The smallest absolute Gasteiger partial charge is 0.153 e. The topological polar surface area (TPSA) is 41.6 Å². The monoisotopic (exact) mass is 253 g/mol. The molecule has 0 spiro atoms. The Kier molecular flexibility index (Phi) is 2.87. The van der Waals surface area contributed by atoms with Crippen molar-refractivity contribution >= 4 is 15.9 Å². The van der Waals surface area contributed by atoms with E-state index in [1.165, 1.54) is 19.3 Å². The van der Waals surface area contributed by atoms with Crippen molar-refractivity contribution in [3.63, 3.8) is 0 Å². The van der Waals surface area contributed by atoms with Gasteiger partial charge in [-0.05, 0) is 28.8 Å². The van der Waals surface area contributed by atoms with Crippen LogP contribution < -0.4 is 0 Å². The van der Waals surface area contributed by atoms with E-state index in [4.69, 9.17) is 5.26 Å².